The van der Waals surface area contributed by atoms with E-state index in [0.717, 1.165) is 64.5 Å². The zero-order chi connectivity index (χ0) is 55.4. The van der Waals surface area contributed by atoms with Gasteiger partial charge < -0.3 is 48.8 Å². The number of carbonyl (C=O) groups excluding carboxylic acids is 2. The topological polar surface area (TPSA) is 358 Å². The van der Waals surface area contributed by atoms with Gasteiger partial charge in [-0.1, -0.05) is 53.4 Å². The number of aryl methyl sites for hydroxylation is 2. The minimum Gasteiger partial charge on any atom is -0.400 e. The van der Waals surface area contributed by atoms with E-state index in [2.05, 4.69) is 97.3 Å². The van der Waals surface area contributed by atoms with Crippen LogP contribution in [0.5, 0.6) is 0 Å². The van der Waals surface area contributed by atoms with E-state index >= 15 is 0 Å². The average molecular weight is 1060 g/mol. The van der Waals surface area contributed by atoms with Crippen LogP contribution in [0.4, 0.5) is 20.2 Å². The molecule has 7 aromatic rings. The van der Waals surface area contributed by atoms with Gasteiger partial charge in [0.15, 0.2) is 0 Å². The first kappa shape index (κ1) is 61.0. The van der Waals surface area contributed by atoms with E-state index < -0.39 is 23.0 Å². The van der Waals surface area contributed by atoms with Gasteiger partial charge in [-0.2, -0.15) is 15.7 Å². The lowest BCUT2D eigenvalue weighted by Crippen LogP contribution is -2.46. The second-order valence-corrected chi connectivity index (χ2v) is 17.6. The van der Waals surface area contributed by atoms with Crippen LogP contribution in [0.1, 0.15) is 39.7 Å². The van der Waals surface area contributed by atoms with Gasteiger partial charge in [-0.25, -0.2) is 8.78 Å². The monoisotopic (exact) mass is 1060 g/mol. The van der Waals surface area contributed by atoms with E-state index in [1.165, 1.54) is 29.8 Å². The molecule has 0 radical (unpaired) electrons. The van der Waals surface area contributed by atoms with Crippen LogP contribution in [0.2, 0.25) is 0 Å². The maximum atomic E-state index is 13.5. The van der Waals surface area contributed by atoms with Crippen LogP contribution >= 0.6 is 0 Å². The number of aliphatic hydroxyl groups is 3. The summed E-state index contributed by atoms with van der Waals surface area (Å²) in [5, 5.41) is 66.8. The summed E-state index contributed by atoms with van der Waals surface area (Å²) in [6, 6.07) is 33.8. The quantitative estimate of drug-likeness (QED) is 0.0327. The van der Waals surface area contributed by atoms with Gasteiger partial charge in [0, 0.05) is 74.1 Å². The van der Waals surface area contributed by atoms with Crippen LogP contribution in [0.15, 0.2) is 152 Å². The molecule has 0 aliphatic carbocycles. The van der Waals surface area contributed by atoms with Crippen molar-refractivity contribution in [1.82, 2.24) is 29.8 Å². The van der Waals surface area contributed by atoms with E-state index in [0.29, 0.717) is 43.9 Å². The fraction of sp³-hybridized carbons (Fsp3) is 0.333. The first-order valence-electron chi connectivity index (χ1n) is 23.6. The van der Waals surface area contributed by atoms with Crippen LogP contribution in [0, 0.1) is 28.0 Å². The van der Waals surface area contributed by atoms with E-state index in [-0.39, 0.29) is 30.9 Å². The second-order valence-electron chi connectivity index (χ2n) is 17.6. The smallest absolute Gasteiger partial charge is 0.234 e. The van der Waals surface area contributed by atoms with Crippen molar-refractivity contribution in [1.29, 1.82) is 5.53 Å². The predicted octanol–water partition coefficient (Wildman–Crippen LogP) is 7.33. The summed E-state index contributed by atoms with van der Waals surface area (Å²) in [5.41, 5.74) is 11.5. The minimum absolute atomic E-state index is 0. The molecule has 4 unspecified atom stereocenters. The highest BCUT2D eigenvalue weighted by Gasteiger charge is 2.48. The number of hydrogen-bond donors (Lipinski definition) is 10. The van der Waals surface area contributed by atoms with E-state index in [1.807, 2.05) is 68.7 Å². The van der Waals surface area contributed by atoms with Gasteiger partial charge >= 0.3 is 0 Å². The molecule has 410 valence electrons. The van der Waals surface area contributed by atoms with Gasteiger partial charge in [-0.05, 0) is 151 Å². The Morgan fingerprint density at radius 1 is 0.701 bits per heavy atom. The maximum absolute atomic E-state index is 13.5. The molecule has 26 heteroatoms. The molecule has 2 aromatic heterocycles. The first-order valence-corrected chi connectivity index (χ1v) is 23.6. The van der Waals surface area contributed by atoms with Crippen molar-refractivity contribution >= 4 is 45.0 Å². The Bertz CT molecular complexity index is 3080. The Kier molecular flexibility index (Phi) is 22.9. The molecule has 2 aliphatic rings. The number of anilines is 2. The number of fused-ring (bicyclic) bond motifs is 2. The van der Waals surface area contributed by atoms with E-state index in [1.54, 1.807) is 47.5 Å². The summed E-state index contributed by atoms with van der Waals surface area (Å²) in [4.78, 5) is 28.7. The molecule has 24 nitrogen and oxygen atoms in total. The molecular weight excluding hydrogens is 997 g/mol. The number of aromatic nitrogens is 4. The summed E-state index contributed by atoms with van der Waals surface area (Å²) < 4.78 is 30.2. The molecule has 4 heterocycles. The fourth-order valence-electron chi connectivity index (χ4n) is 8.97. The van der Waals surface area contributed by atoms with Crippen molar-refractivity contribution in [2.24, 2.45) is 79.0 Å². The Balaban J connectivity index is 0.000000272. The molecule has 0 spiro atoms. The Hall–Kier alpha value is -8.56. The lowest BCUT2D eigenvalue weighted by molar-refractivity contribution is -0.131. The standard InChI is InChI=1S/C28H29FN4O2.C21H23FN4O2.CH4O.CH4.H4N6.H3N5/c1-19(34)28(14-15-33(18-28)17-20-6-4-3-5-7-20)27(35)30-23-12-13-25-24(16-23)26(31-32(25)2)21-8-10-22(29)11-9-21;1-13(27)21(9-10-23-12-21)20(28)24-16-7-8-18-17(11-16)19(25-26(18)2)14-3-5-15(22)6-4-14;1-2;;1-3-5-6-4-2;1-3-5-4-2/h3-13,16,19,34H,14-15,17-18H2,1-2H3,(H,30,35);3-8,11,13,23,27H,9-10,12H2,1-2H3,(H,24,28);2H,1H3;1H4;(H2,1,4,5)(H2,2,3,6);(H3,1,2,5). The Labute approximate surface area is 443 Å². The van der Waals surface area contributed by atoms with Crippen molar-refractivity contribution in [3.8, 4) is 22.5 Å². The van der Waals surface area contributed by atoms with Crippen LogP contribution in [0.25, 0.3) is 44.3 Å². The molecule has 2 fully saturated rings. The molecule has 0 bridgehead atoms. The van der Waals surface area contributed by atoms with Gasteiger partial charge in [-0.3, -0.25) is 23.9 Å². The number of carbonyl (C=O) groups is 2. The minimum atomic E-state index is -0.890. The highest BCUT2D eigenvalue weighted by molar-refractivity contribution is 6.02. The van der Waals surface area contributed by atoms with Crippen LogP contribution in [0.3, 0.4) is 0 Å². The van der Waals surface area contributed by atoms with Gasteiger partial charge in [-0.15, -0.1) is 0 Å². The number of nitrogens with two attached hydrogens (primary N) is 3. The van der Waals surface area contributed by atoms with Crippen molar-refractivity contribution < 1.29 is 33.7 Å². The highest BCUT2D eigenvalue weighted by Crippen LogP contribution is 2.38. The van der Waals surface area contributed by atoms with Crippen LogP contribution in [-0.2, 0) is 30.2 Å². The second kappa shape index (κ2) is 28.9. The summed E-state index contributed by atoms with van der Waals surface area (Å²) in [6.07, 6.45) is -0.370. The molecular formula is C51H67F2N19O5. The maximum Gasteiger partial charge on any atom is 0.234 e. The van der Waals surface area contributed by atoms with E-state index in [9.17, 15) is 28.6 Å². The normalized spacial score (nSPS) is 17.7. The zero-order valence-corrected chi connectivity index (χ0v) is 42.6. The molecule has 9 rings (SSSR count). The lowest BCUT2D eigenvalue weighted by atomic mass is 9.80. The zero-order valence-electron chi connectivity index (χ0n) is 42.6. The van der Waals surface area contributed by atoms with E-state index in [4.69, 9.17) is 10.6 Å². The van der Waals surface area contributed by atoms with Gasteiger partial charge in [0.05, 0.1) is 34.1 Å². The van der Waals surface area contributed by atoms with Crippen molar-refractivity contribution in [3.05, 3.63) is 132 Å². The molecule has 2 amide bonds. The van der Waals surface area contributed by atoms with Crippen molar-refractivity contribution in [2.45, 2.75) is 52.9 Å². The van der Waals surface area contributed by atoms with Crippen molar-refractivity contribution in [3.63, 3.8) is 0 Å². The van der Waals surface area contributed by atoms with Gasteiger partial charge in [0.2, 0.25) is 11.8 Å². The predicted molar refractivity (Wildman–Crippen MR) is 289 cm³/mol. The Morgan fingerprint density at radius 2 is 1.16 bits per heavy atom. The average Bonchev–Trinajstić information content (AvgIpc) is 4.24. The number of nitrogens with zero attached hydrogens (tertiary/aromatic N) is 12. The number of rotatable bonds is 12. The molecule has 13 N–H and O–H groups in total. The molecule has 2 saturated heterocycles. The number of amides is 2. The SMILES string of the molecule is C.CC(O)C1(C(=O)Nc2ccc3c(c2)c(-c2ccc(F)cc2)nn3C)CCN(Cc2ccccc2)C1.CC(O)C1(C(=O)Nc2ccc3c(c2)c(-c2ccc(F)cc2)nn3C)CCNC1.CO.N/N=N/N=N/N.N=N/N=N/N. The van der Waals surface area contributed by atoms with Gasteiger partial charge in [0.25, 0.3) is 0 Å². The van der Waals surface area contributed by atoms with Crippen molar-refractivity contribution in [2.75, 3.05) is 43.9 Å². The van der Waals surface area contributed by atoms with Crippen LogP contribution in [-0.4, -0.2) is 97.1 Å². The largest absolute Gasteiger partial charge is 0.400 e. The Morgan fingerprint density at radius 3 is 1.55 bits per heavy atom. The third-order valence-electron chi connectivity index (χ3n) is 13.0. The van der Waals surface area contributed by atoms with Gasteiger partial charge in [0.1, 0.15) is 23.0 Å². The number of aliphatic hydroxyl groups excluding tert-OH is 3. The third kappa shape index (κ3) is 15.1. The summed E-state index contributed by atoms with van der Waals surface area (Å²) >= 11 is 0. The molecule has 77 heavy (non-hydrogen) atoms. The summed E-state index contributed by atoms with van der Waals surface area (Å²) in [7, 11) is 4.70. The highest BCUT2D eigenvalue weighted by atomic mass is 19.1. The summed E-state index contributed by atoms with van der Waals surface area (Å²) in [5.74, 6) is 12.3. The lowest BCUT2D eigenvalue weighted by Gasteiger charge is -2.31. The number of benzene rings is 5. The van der Waals surface area contributed by atoms with Crippen LogP contribution < -0.4 is 33.5 Å². The fourth-order valence-corrected chi connectivity index (χ4v) is 8.97. The number of halogens is 2. The molecule has 2 aliphatic heterocycles. The summed E-state index contributed by atoms with van der Waals surface area (Å²) in [6.45, 7) is 6.48. The third-order valence-corrected chi connectivity index (χ3v) is 13.0. The molecule has 4 atom stereocenters. The number of hydrogen-bond acceptors (Lipinski definition) is 13. The molecule has 0 saturated carbocycles. The molecule has 5 aromatic carbocycles. The number of likely N-dealkylation sites (tertiary alicyclic amines) is 1. The number of nitrogens with one attached hydrogen (secondary N) is 4. The first-order chi connectivity index (χ1) is 36.6.